The Bertz CT molecular complexity index is 582. The van der Waals surface area contributed by atoms with E-state index in [0.29, 0.717) is 17.3 Å². The standard InChI is InChI=1S/C12H16N6O2/c1-7(2)16-10-9(13)11(15-6-14-10)17-18-12(19)8-4-3-5-20-8/h3-7H,13H2,1-2H3,(H,18,19)(H2,14,15,16,17). The van der Waals surface area contributed by atoms with Crippen LogP contribution in [0.15, 0.2) is 29.1 Å². The van der Waals surface area contributed by atoms with Crippen LogP contribution < -0.4 is 21.9 Å². The van der Waals surface area contributed by atoms with Gasteiger partial charge in [0.25, 0.3) is 0 Å². The van der Waals surface area contributed by atoms with E-state index in [1.165, 1.54) is 12.6 Å². The lowest BCUT2D eigenvalue weighted by Gasteiger charge is -2.14. The van der Waals surface area contributed by atoms with Crippen LogP contribution in [0.5, 0.6) is 0 Å². The summed E-state index contributed by atoms with van der Waals surface area (Å²) in [6, 6.07) is 3.35. The van der Waals surface area contributed by atoms with Crippen LogP contribution in [0, 0.1) is 0 Å². The maximum atomic E-state index is 11.7. The summed E-state index contributed by atoms with van der Waals surface area (Å²) in [5.74, 6) is 0.574. The molecule has 20 heavy (non-hydrogen) atoms. The molecule has 2 aromatic rings. The van der Waals surface area contributed by atoms with Crippen molar-refractivity contribution >= 4 is 23.2 Å². The third-order valence-corrected chi connectivity index (χ3v) is 2.35. The zero-order valence-corrected chi connectivity index (χ0v) is 11.2. The monoisotopic (exact) mass is 276 g/mol. The number of nitrogen functional groups attached to an aromatic ring is 1. The van der Waals surface area contributed by atoms with E-state index < -0.39 is 5.91 Å². The van der Waals surface area contributed by atoms with Crippen LogP contribution in [0.1, 0.15) is 24.4 Å². The summed E-state index contributed by atoms with van der Waals surface area (Å²) in [4.78, 5) is 19.7. The molecule has 0 bridgehead atoms. The van der Waals surface area contributed by atoms with E-state index >= 15 is 0 Å². The minimum Gasteiger partial charge on any atom is -0.459 e. The van der Waals surface area contributed by atoms with Crippen LogP contribution in [0.4, 0.5) is 17.3 Å². The van der Waals surface area contributed by atoms with Gasteiger partial charge in [0.05, 0.1) is 6.26 Å². The third kappa shape index (κ3) is 3.16. The van der Waals surface area contributed by atoms with Gasteiger partial charge in [0.2, 0.25) is 0 Å². The number of amides is 1. The molecule has 0 spiro atoms. The first-order chi connectivity index (χ1) is 9.58. The highest BCUT2D eigenvalue weighted by Crippen LogP contribution is 2.22. The molecular formula is C12H16N6O2. The van der Waals surface area contributed by atoms with E-state index in [0.717, 1.165) is 0 Å². The molecule has 0 aliphatic rings. The van der Waals surface area contributed by atoms with Crippen molar-refractivity contribution in [2.45, 2.75) is 19.9 Å². The summed E-state index contributed by atoms with van der Waals surface area (Å²) in [5.41, 5.74) is 11.3. The molecule has 0 saturated carbocycles. The zero-order valence-electron chi connectivity index (χ0n) is 11.2. The number of carbonyl (C=O) groups is 1. The number of nitrogens with one attached hydrogen (secondary N) is 3. The number of anilines is 3. The SMILES string of the molecule is CC(C)Nc1ncnc(NNC(=O)c2ccco2)c1N. The van der Waals surface area contributed by atoms with Crippen LogP contribution in [-0.4, -0.2) is 21.9 Å². The molecule has 2 rings (SSSR count). The first-order valence-electron chi connectivity index (χ1n) is 6.04. The molecule has 0 fully saturated rings. The third-order valence-electron chi connectivity index (χ3n) is 2.35. The lowest BCUT2D eigenvalue weighted by Crippen LogP contribution is -2.30. The second-order valence-electron chi connectivity index (χ2n) is 4.34. The molecule has 8 heteroatoms. The van der Waals surface area contributed by atoms with E-state index in [1.807, 2.05) is 13.8 Å². The fourth-order valence-electron chi connectivity index (χ4n) is 1.47. The van der Waals surface area contributed by atoms with Gasteiger partial charge >= 0.3 is 5.91 Å². The average molecular weight is 276 g/mol. The van der Waals surface area contributed by atoms with Crippen molar-refractivity contribution in [3.05, 3.63) is 30.5 Å². The Morgan fingerprint density at radius 1 is 1.35 bits per heavy atom. The summed E-state index contributed by atoms with van der Waals surface area (Å²) < 4.78 is 4.96. The summed E-state index contributed by atoms with van der Waals surface area (Å²) >= 11 is 0. The summed E-state index contributed by atoms with van der Waals surface area (Å²) in [6.45, 7) is 3.93. The molecule has 0 saturated heterocycles. The molecule has 2 heterocycles. The van der Waals surface area contributed by atoms with Crippen molar-refractivity contribution in [1.82, 2.24) is 15.4 Å². The number of furan rings is 1. The van der Waals surface area contributed by atoms with Gasteiger partial charge in [0.1, 0.15) is 12.0 Å². The van der Waals surface area contributed by atoms with Gasteiger partial charge in [0.15, 0.2) is 17.4 Å². The highest BCUT2D eigenvalue weighted by Gasteiger charge is 2.11. The number of nitrogens with zero attached hydrogens (tertiary/aromatic N) is 2. The second-order valence-corrected chi connectivity index (χ2v) is 4.34. The fraction of sp³-hybridized carbons (Fsp3) is 0.250. The van der Waals surface area contributed by atoms with Gasteiger partial charge < -0.3 is 15.5 Å². The van der Waals surface area contributed by atoms with Crippen molar-refractivity contribution in [1.29, 1.82) is 0 Å². The fourth-order valence-corrected chi connectivity index (χ4v) is 1.47. The number of hydrogen-bond donors (Lipinski definition) is 4. The normalized spacial score (nSPS) is 10.3. The Morgan fingerprint density at radius 2 is 2.10 bits per heavy atom. The molecule has 0 aromatic carbocycles. The minimum atomic E-state index is -0.425. The van der Waals surface area contributed by atoms with Crippen LogP contribution in [0.25, 0.3) is 0 Å². The molecule has 1 amide bonds. The number of carbonyl (C=O) groups excluding carboxylic acids is 1. The first-order valence-corrected chi connectivity index (χ1v) is 6.04. The van der Waals surface area contributed by atoms with Gasteiger partial charge in [-0.15, -0.1) is 0 Å². The van der Waals surface area contributed by atoms with E-state index in [4.69, 9.17) is 10.2 Å². The summed E-state index contributed by atoms with van der Waals surface area (Å²) in [6.07, 6.45) is 2.76. The molecule has 106 valence electrons. The number of nitrogens with two attached hydrogens (primary N) is 1. The van der Waals surface area contributed by atoms with Crippen molar-refractivity contribution in [2.75, 3.05) is 16.5 Å². The Hall–Kier alpha value is -2.77. The lowest BCUT2D eigenvalue weighted by atomic mass is 10.3. The van der Waals surface area contributed by atoms with E-state index in [2.05, 4.69) is 26.1 Å². The van der Waals surface area contributed by atoms with Gasteiger partial charge in [-0.2, -0.15) is 0 Å². The quantitative estimate of drug-likeness (QED) is 0.606. The van der Waals surface area contributed by atoms with Gasteiger partial charge in [-0.05, 0) is 26.0 Å². The van der Waals surface area contributed by atoms with E-state index in [1.54, 1.807) is 12.1 Å². The first kappa shape index (κ1) is 13.7. The molecule has 0 atom stereocenters. The van der Waals surface area contributed by atoms with Gasteiger partial charge in [-0.3, -0.25) is 15.6 Å². The van der Waals surface area contributed by atoms with Crippen LogP contribution in [-0.2, 0) is 0 Å². The lowest BCUT2D eigenvalue weighted by molar-refractivity contribution is 0.0935. The number of rotatable bonds is 5. The molecule has 0 unspecified atom stereocenters. The number of hydrogen-bond acceptors (Lipinski definition) is 7. The Labute approximate surface area is 115 Å². The summed E-state index contributed by atoms with van der Waals surface area (Å²) in [5, 5.41) is 3.08. The predicted octanol–water partition coefficient (Wildman–Crippen LogP) is 1.23. The number of aromatic nitrogens is 2. The molecule has 2 aromatic heterocycles. The molecule has 0 aliphatic heterocycles. The predicted molar refractivity (Wildman–Crippen MR) is 75.0 cm³/mol. The van der Waals surface area contributed by atoms with Gasteiger partial charge in [0, 0.05) is 6.04 Å². The van der Waals surface area contributed by atoms with Crippen LogP contribution in [0.3, 0.4) is 0 Å². The Morgan fingerprint density at radius 3 is 2.75 bits per heavy atom. The van der Waals surface area contributed by atoms with Gasteiger partial charge in [-0.25, -0.2) is 9.97 Å². The highest BCUT2D eigenvalue weighted by molar-refractivity contribution is 5.92. The smallest absolute Gasteiger partial charge is 0.305 e. The zero-order chi connectivity index (χ0) is 14.5. The van der Waals surface area contributed by atoms with Crippen molar-refractivity contribution in [3.63, 3.8) is 0 Å². The Kier molecular flexibility index (Phi) is 4.04. The van der Waals surface area contributed by atoms with Crippen LogP contribution in [0.2, 0.25) is 0 Å². The maximum Gasteiger partial charge on any atom is 0.305 e. The molecular weight excluding hydrogens is 260 g/mol. The maximum absolute atomic E-state index is 11.7. The minimum absolute atomic E-state index is 0.178. The molecule has 0 aliphatic carbocycles. The van der Waals surface area contributed by atoms with Gasteiger partial charge in [-0.1, -0.05) is 0 Å². The topological polar surface area (TPSA) is 118 Å². The second kappa shape index (κ2) is 5.91. The molecule has 8 nitrogen and oxygen atoms in total. The van der Waals surface area contributed by atoms with Crippen molar-refractivity contribution in [3.8, 4) is 0 Å². The highest BCUT2D eigenvalue weighted by atomic mass is 16.3. The number of hydrazine groups is 1. The molecule has 0 radical (unpaired) electrons. The van der Waals surface area contributed by atoms with Crippen LogP contribution >= 0.6 is 0 Å². The molecule has 5 N–H and O–H groups in total. The summed E-state index contributed by atoms with van der Waals surface area (Å²) in [7, 11) is 0. The Balaban J connectivity index is 2.04. The van der Waals surface area contributed by atoms with E-state index in [9.17, 15) is 4.79 Å². The largest absolute Gasteiger partial charge is 0.459 e. The van der Waals surface area contributed by atoms with E-state index in [-0.39, 0.29) is 11.8 Å². The van der Waals surface area contributed by atoms with Crippen molar-refractivity contribution < 1.29 is 9.21 Å². The van der Waals surface area contributed by atoms with Crippen molar-refractivity contribution in [2.24, 2.45) is 0 Å². The average Bonchev–Trinajstić information content (AvgIpc) is 2.93.